The zero-order valence-electron chi connectivity index (χ0n) is 18.5. The van der Waals surface area contributed by atoms with E-state index in [1.807, 2.05) is 7.05 Å². The molecule has 2 heteroatoms. The summed E-state index contributed by atoms with van der Waals surface area (Å²) in [5.41, 5.74) is 7.14. The smallest absolute Gasteiger partial charge is 0.0701 e. The van der Waals surface area contributed by atoms with E-state index in [4.69, 9.17) is 0 Å². The van der Waals surface area contributed by atoms with Gasteiger partial charge in [-0.15, -0.1) is 0 Å². The average Bonchev–Trinajstić information content (AvgIpc) is 2.83. The Labute approximate surface area is 186 Å². The number of nitrogens with zero attached hydrogens (tertiary/aromatic N) is 1. The topological polar surface area (TPSA) is 15.3 Å². The van der Waals surface area contributed by atoms with Crippen molar-refractivity contribution in [2.24, 2.45) is 0 Å². The molecule has 0 amide bonds. The lowest BCUT2D eigenvalue weighted by atomic mass is 9.65. The summed E-state index contributed by atoms with van der Waals surface area (Å²) in [6, 6.07) is 39.7. The molecule has 0 aliphatic heterocycles. The van der Waals surface area contributed by atoms with E-state index in [0.717, 1.165) is 6.54 Å². The van der Waals surface area contributed by atoms with E-state index >= 15 is 0 Å². The van der Waals surface area contributed by atoms with Crippen LogP contribution in [0.5, 0.6) is 0 Å². The highest BCUT2D eigenvalue weighted by atomic mass is 15.1. The quantitative estimate of drug-likeness (QED) is 0.387. The van der Waals surface area contributed by atoms with Crippen molar-refractivity contribution in [3.8, 4) is 0 Å². The highest BCUT2D eigenvalue weighted by Crippen LogP contribution is 2.45. The molecule has 0 saturated heterocycles. The summed E-state index contributed by atoms with van der Waals surface area (Å²) < 4.78 is 0. The summed E-state index contributed by atoms with van der Waals surface area (Å²) in [6.07, 6.45) is 0. The number of hydrogen-bond acceptors (Lipinski definition) is 2. The van der Waals surface area contributed by atoms with Crippen LogP contribution in [0.4, 0.5) is 5.69 Å². The largest absolute Gasteiger partial charge is 0.378 e. The molecule has 0 fully saturated rings. The Bertz CT molecular complexity index is 1040. The fourth-order valence-corrected chi connectivity index (χ4v) is 4.46. The molecule has 0 aliphatic rings. The van der Waals surface area contributed by atoms with Crippen LogP contribution in [0, 0.1) is 0 Å². The van der Waals surface area contributed by atoms with Crippen LogP contribution < -0.4 is 10.2 Å². The molecule has 4 rings (SSSR count). The number of anilines is 1. The highest BCUT2D eigenvalue weighted by molar-refractivity contribution is 5.61. The maximum atomic E-state index is 3.25. The van der Waals surface area contributed by atoms with Crippen LogP contribution in [-0.2, 0) is 12.0 Å². The van der Waals surface area contributed by atoms with Gasteiger partial charge in [-0.3, -0.25) is 0 Å². The Morgan fingerprint density at radius 1 is 0.581 bits per heavy atom. The lowest BCUT2D eigenvalue weighted by Gasteiger charge is -2.37. The van der Waals surface area contributed by atoms with Gasteiger partial charge in [0, 0.05) is 26.3 Å². The van der Waals surface area contributed by atoms with Crippen molar-refractivity contribution in [1.82, 2.24) is 5.32 Å². The molecule has 156 valence electrons. The number of benzene rings is 4. The van der Waals surface area contributed by atoms with E-state index in [1.54, 1.807) is 0 Å². The van der Waals surface area contributed by atoms with Crippen molar-refractivity contribution >= 4 is 5.69 Å². The third-order valence-electron chi connectivity index (χ3n) is 6.00. The SMILES string of the molecule is CNCc1ccc(C(c2ccccc2)(c2ccccc2)c2ccc(N(C)C)cc2)cc1. The molecule has 4 aromatic rings. The van der Waals surface area contributed by atoms with Crippen molar-refractivity contribution in [2.45, 2.75) is 12.0 Å². The summed E-state index contributed by atoms with van der Waals surface area (Å²) in [5.74, 6) is 0. The van der Waals surface area contributed by atoms with Gasteiger partial charge in [0.25, 0.3) is 0 Å². The molecule has 0 bridgehead atoms. The van der Waals surface area contributed by atoms with Gasteiger partial charge < -0.3 is 10.2 Å². The van der Waals surface area contributed by atoms with E-state index < -0.39 is 5.41 Å². The molecule has 0 aliphatic carbocycles. The molecule has 4 aromatic carbocycles. The molecule has 0 unspecified atom stereocenters. The molecule has 0 atom stereocenters. The molecule has 2 nitrogen and oxygen atoms in total. The van der Waals surface area contributed by atoms with Crippen LogP contribution >= 0.6 is 0 Å². The van der Waals surface area contributed by atoms with Crippen LogP contribution in [0.15, 0.2) is 109 Å². The van der Waals surface area contributed by atoms with Crippen LogP contribution in [0.2, 0.25) is 0 Å². The molecular weight excluding hydrogens is 376 g/mol. The predicted octanol–water partition coefficient (Wildman–Crippen LogP) is 5.85. The predicted molar refractivity (Wildman–Crippen MR) is 132 cm³/mol. The third kappa shape index (κ3) is 3.99. The minimum atomic E-state index is -0.397. The summed E-state index contributed by atoms with van der Waals surface area (Å²) >= 11 is 0. The van der Waals surface area contributed by atoms with Crippen molar-refractivity contribution in [3.63, 3.8) is 0 Å². The fourth-order valence-electron chi connectivity index (χ4n) is 4.46. The van der Waals surface area contributed by atoms with E-state index in [0.29, 0.717) is 0 Å². The van der Waals surface area contributed by atoms with Gasteiger partial charge in [-0.2, -0.15) is 0 Å². The van der Waals surface area contributed by atoms with Crippen LogP contribution in [0.3, 0.4) is 0 Å². The van der Waals surface area contributed by atoms with Gasteiger partial charge in [-0.05, 0) is 47.0 Å². The van der Waals surface area contributed by atoms with Gasteiger partial charge in [0.15, 0.2) is 0 Å². The van der Waals surface area contributed by atoms with Gasteiger partial charge in [0.05, 0.1) is 5.41 Å². The maximum absolute atomic E-state index is 3.25. The lowest BCUT2D eigenvalue weighted by molar-refractivity contribution is 0.742. The highest BCUT2D eigenvalue weighted by Gasteiger charge is 2.38. The van der Waals surface area contributed by atoms with Gasteiger partial charge in [0.2, 0.25) is 0 Å². The van der Waals surface area contributed by atoms with Crippen LogP contribution in [-0.4, -0.2) is 21.1 Å². The third-order valence-corrected chi connectivity index (χ3v) is 6.00. The monoisotopic (exact) mass is 406 g/mol. The molecule has 1 N–H and O–H groups in total. The summed E-state index contributed by atoms with van der Waals surface area (Å²) in [5, 5.41) is 3.25. The van der Waals surface area contributed by atoms with E-state index in [1.165, 1.54) is 33.5 Å². The Morgan fingerprint density at radius 2 is 1.00 bits per heavy atom. The first-order valence-electron chi connectivity index (χ1n) is 10.8. The first-order chi connectivity index (χ1) is 15.2. The van der Waals surface area contributed by atoms with Crippen molar-refractivity contribution in [2.75, 3.05) is 26.0 Å². The van der Waals surface area contributed by atoms with Gasteiger partial charge in [0.1, 0.15) is 0 Å². The van der Waals surface area contributed by atoms with Gasteiger partial charge in [-0.25, -0.2) is 0 Å². The molecule has 31 heavy (non-hydrogen) atoms. The minimum absolute atomic E-state index is 0.397. The molecule has 0 heterocycles. The first kappa shape index (κ1) is 20.9. The average molecular weight is 407 g/mol. The Morgan fingerprint density at radius 3 is 1.42 bits per heavy atom. The summed E-state index contributed by atoms with van der Waals surface area (Å²) in [4.78, 5) is 2.14. The van der Waals surface area contributed by atoms with Crippen molar-refractivity contribution in [3.05, 3.63) is 137 Å². The number of nitrogens with one attached hydrogen (secondary N) is 1. The lowest BCUT2D eigenvalue weighted by Crippen LogP contribution is -2.31. The number of hydrogen-bond donors (Lipinski definition) is 1. The zero-order chi connectivity index (χ0) is 21.7. The van der Waals surface area contributed by atoms with Crippen molar-refractivity contribution < 1.29 is 0 Å². The molecule has 0 spiro atoms. The summed E-state index contributed by atoms with van der Waals surface area (Å²) in [7, 11) is 6.15. The van der Waals surface area contributed by atoms with E-state index in [9.17, 15) is 0 Å². The second-order valence-electron chi connectivity index (χ2n) is 8.15. The molecule has 0 saturated carbocycles. The second-order valence-corrected chi connectivity index (χ2v) is 8.15. The van der Waals surface area contributed by atoms with Crippen LogP contribution in [0.1, 0.15) is 27.8 Å². The fraction of sp³-hybridized carbons (Fsp3) is 0.172. The zero-order valence-corrected chi connectivity index (χ0v) is 18.5. The molecule has 0 radical (unpaired) electrons. The van der Waals surface area contributed by atoms with E-state index in [2.05, 4.69) is 134 Å². The first-order valence-corrected chi connectivity index (χ1v) is 10.8. The van der Waals surface area contributed by atoms with Crippen molar-refractivity contribution in [1.29, 1.82) is 0 Å². The minimum Gasteiger partial charge on any atom is -0.378 e. The Balaban J connectivity index is 2.02. The maximum Gasteiger partial charge on any atom is 0.0701 e. The second kappa shape index (κ2) is 9.20. The normalized spacial score (nSPS) is 11.3. The van der Waals surface area contributed by atoms with Gasteiger partial charge >= 0.3 is 0 Å². The van der Waals surface area contributed by atoms with Gasteiger partial charge in [-0.1, -0.05) is 97.1 Å². The summed E-state index contributed by atoms with van der Waals surface area (Å²) in [6.45, 7) is 0.863. The standard InChI is InChI=1S/C29H30N2/c1-30-22-23-14-16-26(17-15-23)29(24-10-6-4-7-11-24,25-12-8-5-9-13-25)27-18-20-28(21-19-27)31(2)3/h4-21,30H,22H2,1-3H3. The Hall–Kier alpha value is -3.36. The Kier molecular flexibility index (Phi) is 6.20. The molecular formula is C29H30N2. The van der Waals surface area contributed by atoms with Crippen LogP contribution in [0.25, 0.3) is 0 Å². The number of rotatable bonds is 7. The molecule has 0 aromatic heterocycles. The van der Waals surface area contributed by atoms with E-state index in [-0.39, 0.29) is 0 Å².